The molecule has 1 aliphatic rings. The Labute approximate surface area is 115 Å². The topological polar surface area (TPSA) is 21.3 Å². The van der Waals surface area contributed by atoms with Crippen LogP contribution in [0.4, 0.5) is 5.69 Å². The number of rotatable bonds is 5. The molecule has 0 saturated heterocycles. The molecule has 18 heavy (non-hydrogen) atoms. The minimum atomic E-state index is 0.458. The lowest BCUT2D eigenvalue weighted by atomic mass is 9.88. The Kier molecular flexibility index (Phi) is 5.33. The largest absolute Gasteiger partial charge is 0.383 e. The molecule has 2 unspecified atom stereocenters. The third-order valence-corrected chi connectivity index (χ3v) is 3.86. The second kappa shape index (κ2) is 7.01. The van der Waals surface area contributed by atoms with E-state index in [1.165, 1.54) is 25.7 Å². The van der Waals surface area contributed by atoms with Gasteiger partial charge in [-0.2, -0.15) is 0 Å². The van der Waals surface area contributed by atoms with Gasteiger partial charge in [0, 0.05) is 17.3 Å². The van der Waals surface area contributed by atoms with Gasteiger partial charge < -0.3 is 10.1 Å². The Hall–Kier alpha value is -0.730. The predicted octanol–water partition coefficient (Wildman–Crippen LogP) is 4.35. The zero-order valence-corrected chi connectivity index (χ0v) is 11.7. The Balaban J connectivity index is 1.66. The van der Waals surface area contributed by atoms with Gasteiger partial charge in [0.25, 0.3) is 0 Å². The quantitative estimate of drug-likeness (QED) is 0.801. The Bertz CT molecular complexity index is 369. The van der Waals surface area contributed by atoms with E-state index in [2.05, 4.69) is 12.2 Å². The van der Waals surface area contributed by atoms with Crippen LogP contribution in [0.25, 0.3) is 0 Å². The molecule has 3 heteroatoms. The number of hydrogen-bond donors (Lipinski definition) is 1. The van der Waals surface area contributed by atoms with Crippen molar-refractivity contribution in [2.45, 2.75) is 38.7 Å². The summed E-state index contributed by atoms with van der Waals surface area (Å²) in [5, 5.41) is 4.10. The molecule has 1 aromatic carbocycles. The summed E-state index contributed by atoms with van der Waals surface area (Å²) in [5.41, 5.74) is 1.06. The molecule has 0 radical (unpaired) electrons. The maximum absolute atomic E-state index is 5.95. The van der Waals surface area contributed by atoms with Crippen LogP contribution < -0.4 is 5.32 Å². The first-order chi connectivity index (χ1) is 8.75. The SMILES string of the molecule is CC1CCCCC1OCCNc1cccc(Cl)c1. The molecule has 0 heterocycles. The Morgan fingerprint density at radius 3 is 2.94 bits per heavy atom. The summed E-state index contributed by atoms with van der Waals surface area (Å²) in [7, 11) is 0. The minimum Gasteiger partial charge on any atom is -0.383 e. The monoisotopic (exact) mass is 267 g/mol. The summed E-state index contributed by atoms with van der Waals surface area (Å²) in [5.74, 6) is 0.713. The molecule has 100 valence electrons. The zero-order valence-electron chi connectivity index (χ0n) is 11.0. The van der Waals surface area contributed by atoms with Gasteiger partial charge in [0.05, 0.1) is 12.7 Å². The number of nitrogens with one attached hydrogen (secondary N) is 1. The number of halogens is 1. The molecule has 1 N–H and O–H groups in total. The van der Waals surface area contributed by atoms with Gasteiger partial charge in [0.1, 0.15) is 0 Å². The maximum atomic E-state index is 5.95. The number of hydrogen-bond acceptors (Lipinski definition) is 2. The standard InChI is InChI=1S/C15H22ClNO/c1-12-5-2-3-8-15(12)18-10-9-17-14-7-4-6-13(16)11-14/h4,6-7,11-12,15,17H,2-3,5,8-10H2,1H3. The lowest BCUT2D eigenvalue weighted by Crippen LogP contribution is -2.27. The average molecular weight is 268 g/mol. The second-order valence-corrected chi connectivity index (χ2v) is 5.54. The first kappa shape index (κ1) is 13.7. The molecule has 1 aromatic rings. The zero-order chi connectivity index (χ0) is 12.8. The van der Waals surface area contributed by atoms with Gasteiger partial charge in [-0.05, 0) is 37.0 Å². The van der Waals surface area contributed by atoms with Crippen LogP contribution in [0.1, 0.15) is 32.6 Å². The minimum absolute atomic E-state index is 0.458. The van der Waals surface area contributed by atoms with Crippen LogP contribution in [0.15, 0.2) is 24.3 Å². The van der Waals surface area contributed by atoms with E-state index in [9.17, 15) is 0 Å². The fraction of sp³-hybridized carbons (Fsp3) is 0.600. The van der Waals surface area contributed by atoms with Crippen LogP contribution in [0.3, 0.4) is 0 Å². The first-order valence-electron chi connectivity index (χ1n) is 6.87. The highest BCUT2D eigenvalue weighted by atomic mass is 35.5. The molecule has 0 aliphatic heterocycles. The van der Waals surface area contributed by atoms with Crippen LogP contribution in [0.5, 0.6) is 0 Å². The number of anilines is 1. The van der Waals surface area contributed by atoms with Crippen molar-refractivity contribution in [2.24, 2.45) is 5.92 Å². The van der Waals surface area contributed by atoms with Crippen molar-refractivity contribution in [3.63, 3.8) is 0 Å². The second-order valence-electron chi connectivity index (χ2n) is 5.11. The van der Waals surface area contributed by atoms with Crippen molar-refractivity contribution < 1.29 is 4.74 Å². The van der Waals surface area contributed by atoms with Crippen LogP contribution in [-0.4, -0.2) is 19.3 Å². The molecule has 0 bridgehead atoms. The number of benzene rings is 1. The van der Waals surface area contributed by atoms with Crippen molar-refractivity contribution in [3.05, 3.63) is 29.3 Å². The summed E-state index contributed by atoms with van der Waals surface area (Å²) in [4.78, 5) is 0. The molecular formula is C15H22ClNO. The smallest absolute Gasteiger partial charge is 0.0642 e. The van der Waals surface area contributed by atoms with E-state index in [0.29, 0.717) is 12.0 Å². The van der Waals surface area contributed by atoms with Crippen LogP contribution >= 0.6 is 11.6 Å². The van der Waals surface area contributed by atoms with Gasteiger partial charge in [-0.3, -0.25) is 0 Å². The van der Waals surface area contributed by atoms with E-state index < -0.39 is 0 Å². The van der Waals surface area contributed by atoms with E-state index in [-0.39, 0.29) is 0 Å². The van der Waals surface area contributed by atoms with Crippen molar-refractivity contribution in [2.75, 3.05) is 18.5 Å². The van der Waals surface area contributed by atoms with E-state index in [1.54, 1.807) is 0 Å². The summed E-state index contributed by atoms with van der Waals surface area (Å²) >= 11 is 5.93. The molecule has 1 saturated carbocycles. The average Bonchev–Trinajstić information content (AvgIpc) is 2.37. The summed E-state index contributed by atoms with van der Waals surface area (Å²) < 4.78 is 5.95. The van der Waals surface area contributed by atoms with Crippen LogP contribution in [0.2, 0.25) is 5.02 Å². The van der Waals surface area contributed by atoms with Gasteiger partial charge in [0.15, 0.2) is 0 Å². The molecule has 2 nitrogen and oxygen atoms in total. The third-order valence-electron chi connectivity index (χ3n) is 3.62. The molecule has 1 fully saturated rings. The highest BCUT2D eigenvalue weighted by molar-refractivity contribution is 6.30. The normalized spacial score (nSPS) is 23.9. The molecule has 2 rings (SSSR count). The fourth-order valence-electron chi connectivity index (χ4n) is 2.53. The van der Waals surface area contributed by atoms with Gasteiger partial charge >= 0.3 is 0 Å². The van der Waals surface area contributed by atoms with Gasteiger partial charge in [-0.25, -0.2) is 0 Å². The highest BCUT2D eigenvalue weighted by Crippen LogP contribution is 2.26. The lowest BCUT2D eigenvalue weighted by molar-refractivity contribution is 0.000393. The molecule has 0 spiro atoms. The van der Waals surface area contributed by atoms with Gasteiger partial charge in [-0.1, -0.05) is 37.4 Å². The summed E-state index contributed by atoms with van der Waals surface area (Å²) in [6.07, 6.45) is 5.67. The predicted molar refractivity (Wildman–Crippen MR) is 77.3 cm³/mol. The van der Waals surface area contributed by atoms with E-state index >= 15 is 0 Å². The highest BCUT2D eigenvalue weighted by Gasteiger charge is 2.21. The van der Waals surface area contributed by atoms with Crippen LogP contribution in [-0.2, 0) is 4.74 Å². The molecular weight excluding hydrogens is 246 g/mol. The molecule has 0 aromatic heterocycles. The first-order valence-corrected chi connectivity index (χ1v) is 7.24. The molecule has 1 aliphatic carbocycles. The van der Waals surface area contributed by atoms with E-state index in [1.807, 2.05) is 24.3 Å². The fourth-order valence-corrected chi connectivity index (χ4v) is 2.72. The number of ether oxygens (including phenoxy) is 1. The van der Waals surface area contributed by atoms with Gasteiger partial charge in [-0.15, -0.1) is 0 Å². The summed E-state index contributed by atoms with van der Waals surface area (Å²) in [6.45, 7) is 3.90. The molecule has 2 atom stereocenters. The van der Waals surface area contributed by atoms with Crippen molar-refractivity contribution in [1.82, 2.24) is 0 Å². The molecule has 0 amide bonds. The lowest BCUT2D eigenvalue weighted by Gasteiger charge is -2.28. The van der Waals surface area contributed by atoms with Crippen molar-refractivity contribution >= 4 is 17.3 Å². The van der Waals surface area contributed by atoms with Gasteiger partial charge in [0.2, 0.25) is 0 Å². The maximum Gasteiger partial charge on any atom is 0.0642 e. The van der Waals surface area contributed by atoms with E-state index in [0.717, 1.165) is 23.9 Å². The van der Waals surface area contributed by atoms with Crippen LogP contribution in [0, 0.1) is 5.92 Å². The Morgan fingerprint density at radius 1 is 1.33 bits per heavy atom. The van der Waals surface area contributed by atoms with E-state index in [4.69, 9.17) is 16.3 Å². The third kappa shape index (κ3) is 4.18. The van der Waals surface area contributed by atoms with Crippen molar-refractivity contribution in [3.8, 4) is 0 Å². The summed E-state index contributed by atoms with van der Waals surface area (Å²) in [6, 6.07) is 7.79. The van der Waals surface area contributed by atoms with Crippen molar-refractivity contribution in [1.29, 1.82) is 0 Å². The Morgan fingerprint density at radius 2 is 2.17 bits per heavy atom.